The van der Waals surface area contributed by atoms with Crippen LogP contribution in [0.1, 0.15) is 34.8 Å². The minimum absolute atomic E-state index is 0.00633. The van der Waals surface area contributed by atoms with Crippen molar-refractivity contribution in [2.24, 2.45) is 0 Å². The summed E-state index contributed by atoms with van der Waals surface area (Å²) in [5.41, 5.74) is 0.777. The van der Waals surface area contributed by atoms with Crippen LogP contribution in [-0.2, 0) is 4.79 Å². The Morgan fingerprint density at radius 3 is 2.60 bits per heavy atom. The summed E-state index contributed by atoms with van der Waals surface area (Å²) in [4.78, 5) is 26.2. The van der Waals surface area contributed by atoms with E-state index in [-0.39, 0.29) is 24.1 Å². The molecule has 0 radical (unpaired) electrons. The maximum atomic E-state index is 13.6. The molecule has 130 valence electrons. The van der Waals surface area contributed by atoms with Crippen LogP contribution in [0.2, 0.25) is 0 Å². The molecule has 25 heavy (non-hydrogen) atoms. The third kappa shape index (κ3) is 3.84. The monoisotopic (exact) mass is 344 g/mol. The number of likely N-dealkylation sites (tertiary alicyclic amines) is 1. The molecule has 0 spiro atoms. The van der Waals surface area contributed by atoms with Crippen LogP contribution in [0.5, 0.6) is 0 Å². The third-order valence-electron chi connectivity index (χ3n) is 4.33. The molecule has 1 unspecified atom stereocenters. The van der Waals surface area contributed by atoms with E-state index in [9.17, 15) is 18.4 Å². The first-order chi connectivity index (χ1) is 12.1. The Morgan fingerprint density at radius 2 is 1.88 bits per heavy atom. The van der Waals surface area contributed by atoms with Gasteiger partial charge in [0.15, 0.2) is 0 Å². The Balaban J connectivity index is 1.63. The summed E-state index contributed by atoms with van der Waals surface area (Å²) in [5.74, 6) is -2.66. The van der Waals surface area contributed by atoms with Gasteiger partial charge in [-0.15, -0.1) is 0 Å². The van der Waals surface area contributed by atoms with Gasteiger partial charge in [0.1, 0.15) is 11.6 Å². The summed E-state index contributed by atoms with van der Waals surface area (Å²) in [7, 11) is 0. The number of nitrogens with zero attached hydrogens (tertiary/aromatic N) is 1. The van der Waals surface area contributed by atoms with E-state index in [0.717, 1.165) is 30.5 Å². The van der Waals surface area contributed by atoms with Crippen LogP contribution < -0.4 is 5.32 Å². The second-order valence-electron chi connectivity index (χ2n) is 5.96. The molecule has 0 aromatic heterocycles. The predicted octanol–water partition coefficient (Wildman–Crippen LogP) is 3.06. The quantitative estimate of drug-likeness (QED) is 0.927. The number of carbonyl (C=O) groups excluding carboxylic acids is 2. The minimum Gasteiger partial charge on any atom is -0.343 e. The maximum absolute atomic E-state index is 13.6. The second-order valence-corrected chi connectivity index (χ2v) is 5.96. The molecule has 0 bridgehead atoms. The van der Waals surface area contributed by atoms with Crippen molar-refractivity contribution in [3.8, 4) is 0 Å². The third-order valence-corrected chi connectivity index (χ3v) is 4.33. The fourth-order valence-corrected chi connectivity index (χ4v) is 3.11. The van der Waals surface area contributed by atoms with Crippen molar-refractivity contribution >= 4 is 11.8 Å². The van der Waals surface area contributed by atoms with Gasteiger partial charge in [-0.2, -0.15) is 0 Å². The summed E-state index contributed by atoms with van der Waals surface area (Å²) in [6, 6.07) is 12.4. The number of hydrogen-bond acceptors (Lipinski definition) is 2. The predicted molar refractivity (Wildman–Crippen MR) is 88.8 cm³/mol. The fourth-order valence-electron chi connectivity index (χ4n) is 3.11. The maximum Gasteiger partial charge on any atom is 0.254 e. The molecular weight excluding hydrogens is 326 g/mol. The van der Waals surface area contributed by atoms with Gasteiger partial charge in [-0.1, -0.05) is 30.3 Å². The summed E-state index contributed by atoms with van der Waals surface area (Å²) in [6.07, 6.45) is 1.77. The van der Waals surface area contributed by atoms with E-state index in [4.69, 9.17) is 0 Å². The molecule has 2 aromatic rings. The first-order valence-electron chi connectivity index (χ1n) is 8.14. The van der Waals surface area contributed by atoms with Crippen molar-refractivity contribution in [3.63, 3.8) is 0 Å². The Morgan fingerprint density at radius 1 is 1.12 bits per heavy atom. The largest absolute Gasteiger partial charge is 0.343 e. The van der Waals surface area contributed by atoms with Crippen molar-refractivity contribution in [3.05, 3.63) is 71.3 Å². The van der Waals surface area contributed by atoms with Crippen LogP contribution in [0, 0.1) is 11.6 Å². The number of hydrogen-bond donors (Lipinski definition) is 1. The summed E-state index contributed by atoms with van der Waals surface area (Å²) >= 11 is 0. The molecule has 1 atom stereocenters. The van der Waals surface area contributed by atoms with Gasteiger partial charge < -0.3 is 10.2 Å². The van der Waals surface area contributed by atoms with Crippen molar-refractivity contribution in [2.45, 2.75) is 18.9 Å². The number of halogens is 2. The highest BCUT2D eigenvalue weighted by Crippen LogP contribution is 2.31. The van der Waals surface area contributed by atoms with Crippen LogP contribution in [0.15, 0.2) is 48.5 Å². The molecule has 1 fully saturated rings. The lowest BCUT2D eigenvalue weighted by atomic mass is 10.0. The molecule has 1 N–H and O–H groups in total. The van der Waals surface area contributed by atoms with Crippen LogP contribution in [0.4, 0.5) is 8.78 Å². The topological polar surface area (TPSA) is 49.4 Å². The average molecular weight is 344 g/mol. The highest BCUT2D eigenvalue weighted by molar-refractivity contribution is 5.96. The smallest absolute Gasteiger partial charge is 0.254 e. The summed E-state index contributed by atoms with van der Waals surface area (Å²) in [5, 5.41) is 2.42. The van der Waals surface area contributed by atoms with Gasteiger partial charge in [0.25, 0.3) is 5.91 Å². The second kappa shape index (κ2) is 7.42. The number of rotatable bonds is 4. The van der Waals surface area contributed by atoms with Gasteiger partial charge in [-0.25, -0.2) is 8.78 Å². The molecule has 1 aliphatic rings. The Labute approximate surface area is 144 Å². The molecule has 2 amide bonds. The van der Waals surface area contributed by atoms with E-state index in [0.29, 0.717) is 12.6 Å². The van der Waals surface area contributed by atoms with Gasteiger partial charge >= 0.3 is 0 Å². The fraction of sp³-hybridized carbons (Fsp3) is 0.263. The zero-order valence-corrected chi connectivity index (χ0v) is 13.5. The normalized spacial score (nSPS) is 16.7. The molecular formula is C19H18F2N2O2. The van der Waals surface area contributed by atoms with Crippen molar-refractivity contribution in [1.29, 1.82) is 0 Å². The van der Waals surface area contributed by atoms with Crippen molar-refractivity contribution < 1.29 is 18.4 Å². The standard InChI is InChI=1S/C19H18F2N2O2/c20-14-8-9-15(16(21)11-14)19(25)22-12-18(24)23-10-4-7-17(23)13-5-2-1-3-6-13/h1-3,5-6,8-9,11,17H,4,7,10,12H2,(H,22,25). The first kappa shape index (κ1) is 17.1. The van der Waals surface area contributed by atoms with Crippen molar-refractivity contribution in [1.82, 2.24) is 10.2 Å². The van der Waals surface area contributed by atoms with Gasteiger partial charge in [0.2, 0.25) is 5.91 Å². The zero-order chi connectivity index (χ0) is 17.8. The number of nitrogens with one attached hydrogen (secondary N) is 1. The van der Waals surface area contributed by atoms with Gasteiger partial charge in [-0.3, -0.25) is 9.59 Å². The first-order valence-corrected chi connectivity index (χ1v) is 8.14. The number of carbonyl (C=O) groups is 2. The van der Waals surface area contributed by atoms with Crippen LogP contribution >= 0.6 is 0 Å². The molecule has 2 aromatic carbocycles. The molecule has 1 heterocycles. The zero-order valence-electron chi connectivity index (χ0n) is 13.5. The van der Waals surface area contributed by atoms with Crippen molar-refractivity contribution in [2.75, 3.05) is 13.1 Å². The molecule has 1 aliphatic heterocycles. The molecule has 0 saturated carbocycles. The number of benzene rings is 2. The van der Waals surface area contributed by atoms with Gasteiger partial charge in [0.05, 0.1) is 18.2 Å². The van der Waals surface area contributed by atoms with E-state index in [1.165, 1.54) is 0 Å². The van der Waals surface area contributed by atoms with Gasteiger partial charge in [0, 0.05) is 12.6 Å². The van der Waals surface area contributed by atoms with E-state index in [1.807, 2.05) is 30.3 Å². The van der Waals surface area contributed by atoms with Crippen LogP contribution in [0.3, 0.4) is 0 Å². The lowest BCUT2D eigenvalue weighted by molar-refractivity contribution is -0.131. The van der Waals surface area contributed by atoms with Crippen LogP contribution in [0.25, 0.3) is 0 Å². The highest BCUT2D eigenvalue weighted by atomic mass is 19.1. The molecule has 1 saturated heterocycles. The lowest BCUT2D eigenvalue weighted by Crippen LogP contribution is -2.40. The van der Waals surface area contributed by atoms with Crippen LogP contribution in [-0.4, -0.2) is 29.8 Å². The highest BCUT2D eigenvalue weighted by Gasteiger charge is 2.29. The summed E-state index contributed by atoms with van der Waals surface area (Å²) < 4.78 is 26.5. The summed E-state index contributed by atoms with van der Waals surface area (Å²) in [6.45, 7) is 0.401. The lowest BCUT2D eigenvalue weighted by Gasteiger charge is -2.25. The Bertz CT molecular complexity index is 780. The number of amides is 2. The van der Waals surface area contributed by atoms with Gasteiger partial charge in [-0.05, 0) is 30.5 Å². The molecule has 3 rings (SSSR count). The van der Waals surface area contributed by atoms with E-state index >= 15 is 0 Å². The average Bonchev–Trinajstić information content (AvgIpc) is 3.10. The minimum atomic E-state index is -0.951. The molecule has 4 nitrogen and oxygen atoms in total. The van der Waals surface area contributed by atoms with E-state index in [1.54, 1.807) is 4.90 Å². The SMILES string of the molecule is O=C(NCC(=O)N1CCCC1c1ccccc1)c1ccc(F)cc1F. The Hall–Kier alpha value is -2.76. The van der Waals surface area contributed by atoms with E-state index in [2.05, 4.69) is 5.32 Å². The van der Waals surface area contributed by atoms with E-state index < -0.39 is 17.5 Å². The molecule has 0 aliphatic carbocycles. The Kier molecular flexibility index (Phi) is 5.07. The molecule has 6 heteroatoms.